The van der Waals surface area contributed by atoms with Crippen molar-refractivity contribution in [3.05, 3.63) is 39.8 Å². The summed E-state index contributed by atoms with van der Waals surface area (Å²) in [5.74, 6) is 0. The van der Waals surface area contributed by atoms with Crippen LogP contribution >= 0.6 is 27.5 Å². The van der Waals surface area contributed by atoms with Crippen molar-refractivity contribution in [2.45, 2.75) is 6.92 Å². The molecule has 3 nitrogen and oxygen atoms in total. The third-order valence-electron chi connectivity index (χ3n) is 2.49. The molecule has 0 saturated carbocycles. The zero-order valence-electron chi connectivity index (χ0n) is 8.41. The minimum Gasteiger partial charge on any atom is -0.274 e. The Morgan fingerprint density at radius 1 is 1.38 bits per heavy atom. The summed E-state index contributed by atoms with van der Waals surface area (Å²) in [5, 5.41) is 1.42. The number of aromatic nitrogens is 3. The number of rotatable bonds is 0. The molecule has 5 heteroatoms. The Bertz CT molecular complexity index is 705. The lowest BCUT2D eigenvalue weighted by atomic mass is 10.1. The molecule has 0 atom stereocenters. The van der Waals surface area contributed by atoms with Gasteiger partial charge in [0.1, 0.15) is 5.65 Å². The fourth-order valence-corrected chi connectivity index (χ4v) is 2.70. The molecule has 80 valence electrons. The van der Waals surface area contributed by atoms with Crippen molar-refractivity contribution in [2.75, 3.05) is 0 Å². The molecule has 0 radical (unpaired) electrons. The smallest absolute Gasteiger partial charge is 0.209 e. The van der Waals surface area contributed by atoms with Gasteiger partial charge in [0.15, 0.2) is 0 Å². The zero-order valence-corrected chi connectivity index (χ0v) is 10.7. The van der Waals surface area contributed by atoms with Crippen LogP contribution in [-0.4, -0.2) is 14.4 Å². The molecule has 3 rings (SSSR count). The van der Waals surface area contributed by atoms with E-state index in [1.54, 1.807) is 16.8 Å². The number of halogens is 2. The molecule has 2 aromatic heterocycles. The van der Waals surface area contributed by atoms with Crippen LogP contribution in [0.25, 0.3) is 16.6 Å². The van der Waals surface area contributed by atoms with Crippen molar-refractivity contribution >= 4 is 44.1 Å². The van der Waals surface area contributed by atoms with Gasteiger partial charge in [0.05, 0.1) is 5.52 Å². The van der Waals surface area contributed by atoms with E-state index in [0.717, 1.165) is 26.6 Å². The molecule has 16 heavy (non-hydrogen) atoms. The highest BCUT2D eigenvalue weighted by molar-refractivity contribution is 9.10. The minimum atomic E-state index is 0.421. The monoisotopic (exact) mass is 295 g/mol. The molecular weight excluding hydrogens is 289 g/mol. The maximum atomic E-state index is 6.08. The van der Waals surface area contributed by atoms with Crippen molar-refractivity contribution < 1.29 is 0 Å². The van der Waals surface area contributed by atoms with Crippen LogP contribution in [0.4, 0.5) is 0 Å². The van der Waals surface area contributed by atoms with Crippen molar-refractivity contribution in [1.29, 1.82) is 0 Å². The second kappa shape index (κ2) is 3.43. The number of benzene rings is 1. The van der Waals surface area contributed by atoms with Crippen LogP contribution in [0.5, 0.6) is 0 Å². The maximum Gasteiger partial charge on any atom is 0.209 e. The highest BCUT2D eigenvalue weighted by Crippen LogP contribution is 2.28. The number of fused-ring (bicyclic) bond motifs is 3. The van der Waals surface area contributed by atoms with E-state index in [-0.39, 0.29) is 0 Å². The first-order valence-corrected chi connectivity index (χ1v) is 5.92. The fourth-order valence-electron chi connectivity index (χ4n) is 1.82. The van der Waals surface area contributed by atoms with Gasteiger partial charge in [0.25, 0.3) is 0 Å². The zero-order chi connectivity index (χ0) is 11.3. The molecule has 0 amide bonds. The van der Waals surface area contributed by atoms with Crippen molar-refractivity contribution in [3.63, 3.8) is 0 Å². The van der Waals surface area contributed by atoms with E-state index in [0.29, 0.717) is 5.28 Å². The highest BCUT2D eigenvalue weighted by Gasteiger charge is 2.10. The first kappa shape index (κ1) is 10.1. The molecular formula is C11H7BrClN3. The normalized spacial score (nSPS) is 11.4. The average molecular weight is 297 g/mol. The number of nitrogens with zero attached hydrogens (tertiary/aromatic N) is 3. The van der Waals surface area contributed by atoms with E-state index in [1.165, 1.54) is 0 Å². The van der Waals surface area contributed by atoms with Crippen LogP contribution in [0.15, 0.2) is 29.0 Å². The molecule has 2 heterocycles. The quantitative estimate of drug-likeness (QED) is 0.593. The molecule has 0 saturated heterocycles. The Hall–Kier alpha value is -1.13. The number of hydrogen-bond donors (Lipinski definition) is 0. The Morgan fingerprint density at radius 2 is 2.19 bits per heavy atom. The van der Waals surface area contributed by atoms with Crippen molar-refractivity contribution in [2.24, 2.45) is 0 Å². The molecule has 0 fully saturated rings. The van der Waals surface area contributed by atoms with E-state index < -0.39 is 0 Å². The molecule has 0 N–H and O–H groups in total. The van der Waals surface area contributed by atoms with Crippen LogP contribution < -0.4 is 0 Å². The Labute approximate surface area is 105 Å². The van der Waals surface area contributed by atoms with Crippen molar-refractivity contribution in [1.82, 2.24) is 14.4 Å². The summed E-state index contributed by atoms with van der Waals surface area (Å²) in [6.07, 6.45) is 3.53. The Balaban J connectivity index is 2.64. The summed E-state index contributed by atoms with van der Waals surface area (Å²) in [4.78, 5) is 8.67. The number of aryl methyl sites for hydroxylation is 1. The summed E-state index contributed by atoms with van der Waals surface area (Å²) in [6.45, 7) is 2.04. The molecule has 0 spiro atoms. The molecule has 0 bridgehead atoms. The Morgan fingerprint density at radius 3 is 3.00 bits per heavy atom. The van der Waals surface area contributed by atoms with E-state index in [9.17, 15) is 0 Å². The van der Waals surface area contributed by atoms with Gasteiger partial charge in [0, 0.05) is 22.3 Å². The minimum absolute atomic E-state index is 0.421. The lowest BCUT2D eigenvalue weighted by molar-refractivity contribution is 1.12. The van der Waals surface area contributed by atoms with Gasteiger partial charge in [-0.1, -0.05) is 0 Å². The third-order valence-corrected chi connectivity index (χ3v) is 3.36. The van der Waals surface area contributed by atoms with E-state index in [2.05, 4.69) is 32.0 Å². The summed E-state index contributed by atoms with van der Waals surface area (Å²) >= 11 is 9.58. The van der Waals surface area contributed by atoms with Crippen LogP contribution in [0.1, 0.15) is 5.56 Å². The fraction of sp³-hybridized carbons (Fsp3) is 0.0909. The van der Waals surface area contributed by atoms with E-state index >= 15 is 0 Å². The first-order chi connectivity index (χ1) is 7.66. The molecule has 0 aliphatic heterocycles. The van der Waals surface area contributed by atoms with Gasteiger partial charge in [-0.15, -0.1) is 0 Å². The second-order valence-electron chi connectivity index (χ2n) is 3.64. The van der Waals surface area contributed by atoms with Gasteiger partial charge in [-0.2, -0.15) is 0 Å². The average Bonchev–Trinajstić information content (AvgIpc) is 2.69. The molecule has 0 aliphatic rings. The third kappa shape index (κ3) is 1.33. The van der Waals surface area contributed by atoms with Gasteiger partial charge in [-0.3, -0.25) is 4.40 Å². The second-order valence-corrected chi connectivity index (χ2v) is 4.84. The van der Waals surface area contributed by atoms with E-state index in [4.69, 9.17) is 11.6 Å². The predicted octanol–water partition coefficient (Wildman–Crippen LogP) is 3.61. The van der Waals surface area contributed by atoms with Gasteiger partial charge >= 0.3 is 0 Å². The lowest BCUT2D eigenvalue weighted by Crippen LogP contribution is -1.93. The SMILES string of the molecule is Cc1cc(Br)c2nc(Cl)n3ccnc3c2c1. The van der Waals surface area contributed by atoms with Gasteiger partial charge < -0.3 is 0 Å². The highest BCUT2D eigenvalue weighted by atomic mass is 79.9. The number of hydrogen-bond acceptors (Lipinski definition) is 2. The Kier molecular flexibility index (Phi) is 2.16. The van der Waals surface area contributed by atoms with Gasteiger partial charge in [0.2, 0.25) is 5.28 Å². The van der Waals surface area contributed by atoms with Crippen LogP contribution in [0, 0.1) is 6.92 Å². The predicted molar refractivity (Wildman–Crippen MR) is 67.9 cm³/mol. The largest absolute Gasteiger partial charge is 0.274 e. The topological polar surface area (TPSA) is 30.2 Å². The molecule has 0 aliphatic carbocycles. The maximum absolute atomic E-state index is 6.08. The van der Waals surface area contributed by atoms with E-state index in [1.807, 2.05) is 13.0 Å². The van der Waals surface area contributed by atoms with Gasteiger partial charge in [-0.25, -0.2) is 9.97 Å². The lowest BCUT2D eigenvalue weighted by Gasteiger charge is -2.05. The van der Waals surface area contributed by atoms with Crippen LogP contribution in [0.3, 0.4) is 0 Å². The standard InChI is InChI=1S/C11H7BrClN3/c1-6-4-7-9(8(12)5-6)15-11(13)16-3-2-14-10(7)16/h2-5H,1H3. The molecule has 3 aromatic rings. The van der Waals surface area contributed by atoms with Crippen LogP contribution in [-0.2, 0) is 0 Å². The van der Waals surface area contributed by atoms with Crippen molar-refractivity contribution in [3.8, 4) is 0 Å². The van der Waals surface area contributed by atoms with Gasteiger partial charge in [-0.05, 0) is 52.2 Å². The number of imidazole rings is 1. The summed E-state index contributed by atoms with van der Waals surface area (Å²) < 4.78 is 2.71. The molecule has 1 aromatic carbocycles. The first-order valence-electron chi connectivity index (χ1n) is 4.75. The summed E-state index contributed by atoms with van der Waals surface area (Å²) in [6, 6.07) is 4.08. The van der Waals surface area contributed by atoms with Crippen LogP contribution in [0.2, 0.25) is 5.28 Å². The molecule has 0 unspecified atom stereocenters. The summed E-state index contributed by atoms with van der Waals surface area (Å²) in [7, 11) is 0. The summed E-state index contributed by atoms with van der Waals surface area (Å²) in [5.41, 5.74) is 2.84.